The highest BCUT2D eigenvalue weighted by atomic mass is 16.4. The topological polar surface area (TPSA) is 37.3 Å². The Morgan fingerprint density at radius 3 is 2.42 bits per heavy atom. The van der Waals surface area contributed by atoms with Crippen LogP contribution in [0.2, 0.25) is 0 Å². The van der Waals surface area contributed by atoms with Crippen LogP contribution in [0.4, 0.5) is 0 Å². The highest BCUT2D eigenvalue weighted by Gasteiger charge is 2.55. The summed E-state index contributed by atoms with van der Waals surface area (Å²) in [6, 6.07) is 8.52. The summed E-state index contributed by atoms with van der Waals surface area (Å²) < 4.78 is 0. The van der Waals surface area contributed by atoms with E-state index in [2.05, 4.69) is 31.2 Å². The summed E-state index contributed by atoms with van der Waals surface area (Å²) >= 11 is 0. The average molecular weight is 258 g/mol. The van der Waals surface area contributed by atoms with Crippen molar-refractivity contribution in [2.24, 2.45) is 17.3 Å². The number of aryl methyl sites for hydroxylation is 1. The lowest BCUT2D eigenvalue weighted by Gasteiger charge is -2.33. The molecule has 1 aromatic carbocycles. The van der Waals surface area contributed by atoms with E-state index in [1.54, 1.807) is 0 Å². The van der Waals surface area contributed by atoms with E-state index < -0.39 is 11.4 Å². The number of benzene rings is 1. The van der Waals surface area contributed by atoms with Crippen LogP contribution in [0.5, 0.6) is 0 Å². The summed E-state index contributed by atoms with van der Waals surface area (Å²) in [6.45, 7) is 2.14. The molecule has 3 atom stereocenters. The molecule has 0 radical (unpaired) electrons. The molecule has 0 spiro atoms. The van der Waals surface area contributed by atoms with Crippen LogP contribution in [0.15, 0.2) is 24.3 Å². The highest BCUT2D eigenvalue weighted by molar-refractivity contribution is 5.76. The predicted molar refractivity (Wildman–Crippen MR) is 75.0 cm³/mol. The van der Waals surface area contributed by atoms with Gasteiger partial charge >= 0.3 is 5.97 Å². The van der Waals surface area contributed by atoms with E-state index in [0.29, 0.717) is 18.3 Å². The quantitative estimate of drug-likeness (QED) is 0.894. The van der Waals surface area contributed by atoms with Gasteiger partial charge in [-0.2, -0.15) is 0 Å². The van der Waals surface area contributed by atoms with Crippen molar-refractivity contribution >= 4 is 5.97 Å². The van der Waals surface area contributed by atoms with Crippen molar-refractivity contribution in [2.45, 2.75) is 45.4 Å². The van der Waals surface area contributed by atoms with Gasteiger partial charge in [0.15, 0.2) is 0 Å². The molecule has 1 aromatic rings. The zero-order valence-corrected chi connectivity index (χ0v) is 11.6. The molecule has 0 heterocycles. The number of hydrogen-bond donors (Lipinski definition) is 1. The molecule has 0 aliphatic heterocycles. The molecule has 0 aromatic heterocycles. The molecule has 102 valence electrons. The van der Waals surface area contributed by atoms with Crippen molar-refractivity contribution in [1.29, 1.82) is 0 Å². The molecule has 2 bridgehead atoms. The number of carboxylic acid groups (broad SMARTS) is 1. The van der Waals surface area contributed by atoms with Gasteiger partial charge in [0.1, 0.15) is 0 Å². The van der Waals surface area contributed by atoms with Crippen LogP contribution < -0.4 is 0 Å². The van der Waals surface area contributed by atoms with E-state index in [1.807, 2.05) is 0 Å². The van der Waals surface area contributed by atoms with Crippen LogP contribution in [0, 0.1) is 17.3 Å². The fourth-order valence-corrected chi connectivity index (χ4v) is 4.26. The minimum Gasteiger partial charge on any atom is -0.481 e. The van der Waals surface area contributed by atoms with E-state index in [1.165, 1.54) is 17.5 Å². The van der Waals surface area contributed by atoms with Crippen molar-refractivity contribution in [3.05, 3.63) is 35.4 Å². The lowest BCUT2D eigenvalue weighted by molar-refractivity contribution is -0.152. The average Bonchev–Trinajstić information content (AvgIpc) is 3.00. The van der Waals surface area contributed by atoms with Crippen molar-refractivity contribution in [3.8, 4) is 0 Å². The van der Waals surface area contributed by atoms with Crippen LogP contribution in [-0.4, -0.2) is 11.1 Å². The molecule has 2 nitrogen and oxygen atoms in total. The normalized spacial score (nSPS) is 32.7. The molecule has 0 saturated heterocycles. The lowest BCUT2D eigenvalue weighted by atomic mass is 9.69. The molecule has 19 heavy (non-hydrogen) atoms. The Morgan fingerprint density at radius 1 is 1.26 bits per heavy atom. The summed E-state index contributed by atoms with van der Waals surface area (Å²) in [4.78, 5) is 11.8. The molecular formula is C17H22O2. The largest absolute Gasteiger partial charge is 0.481 e. The Labute approximate surface area is 114 Å². The number of fused-ring (bicyclic) bond motifs is 2. The highest BCUT2D eigenvalue weighted by Crippen LogP contribution is 2.57. The number of aliphatic carboxylic acids is 1. The molecule has 0 amide bonds. The van der Waals surface area contributed by atoms with Crippen LogP contribution in [-0.2, 0) is 17.6 Å². The molecule has 1 N–H and O–H groups in total. The first-order valence-corrected chi connectivity index (χ1v) is 7.45. The van der Waals surface area contributed by atoms with Gasteiger partial charge < -0.3 is 5.11 Å². The van der Waals surface area contributed by atoms with Gasteiger partial charge in [-0.05, 0) is 55.1 Å². The molecule has 2 aliphatic rings. The maximum atomic E-state index is 11.8. The third kappa shape index (κ3) is 2.07. The van der Waals surface area contributed by atoms with E-state index in [9.17, 15) is 9.90 Å². The van der Waals surface area contributed by atoms with Crippen LogP contribution in [0.25, 0.3) is 0 Å². The first kappa shape index (κ1) is 12.7. The Balaban J connectivity index is 1.84. The van der Waals surface area contributed by atoms with Crippen molar-refractivity contribution in [2.75, 3.05) is 0 Å². The summed E-state index contributed by atoms with van der Waals surface area (Å²) in [6.07, 6.45) is 6.14. The third-order valence-electron chi connectivity index (χ3n) is 5.35. The summed E-state index contributed by atoms with van der Waals surface area (Å²) in [5.74, 6) is 0.496. The van der Waals surface area contributed by atoms with Gasteiger partial charge in [0.25, 0.3) is 0 Å². The van der Waals surface area contributed by atoms with Crippen LogP contribution in [0.1, 0.15) is 43.7 Å². The van der Waals surface area contributed by atoms with Gasteiger partial charge in [0.2, 0.25) is 0 Å². The first-order valence-electron chi connectivity index (χ1n) is 7.45. The molecule has 2 aliphatic carbocycles. The third-order valence-corrected chi connectivity index (χ3v) is 5.35. The Kier molecular flexibility index (Phi) is 3.12. The number of rotatable bonds is 4. The predicted octanol–water partition coefficient (Wildman–Crippen LogP) is 3.68. The molecule has 2 heteroatoms. The van der Waals surface area contributed by atoms with Crippen molar-refractivity contribution in [1.82, 2.24) is 0 Å². The number of hydrogen-bond acceptors (Lipinski definition) is 1. The van der Waals surface area contributed by atoms with Gasteiger partial charge in [0, 0.05) is 0 Å². The van der Waals surface area contributed by atoms with E-state index in [4.69, 9.17) is 0 Å². The molecule has 3 rings (SSSR count). The smallest absolute Gasteiger partial charge is 0.310 e. The number of carboxylic acids is 1. The van der Waals surface area contributed by atoms with E-state index in [0.717, 1.165) is 25.7 Å². The Hall–Kier alpha value is -1.31. The van der Waals surface area contributed by atoms with Gasteiger partial charge in [-0.25, -0.2) is 0 Å². The summed E-state index contributed by atoms with van der Waals surface area (Å²) in [5, 5.41) is 9.75. The SMILES string of the molecule is CCc1ccc(CC2(C(=O)O)CC3CCC2C3)cc1. The van der Waals surface area contributed by atoms with Crippen LogP contribution >= 0.6 is 0 Å². The lowest BCUT2D eigenvalue weighted by Crippen LogP contribution is -2.38. The maximum Gasteiger partial charge on any atom is 0.310 e. The standard InChI is InChI=1S/C17H22O2/c1-2-12-3-5-13(6-4-12)10-17(16(18)19)11-14-7-8-15(17)9-14/h3-6,14-15H,2,7-11H2,1H3,(H,18,19). The van der Waals surface area contributed by atoms with E-state index >= 15 is 0 Å². The maximum absolute atomic E-state index is 11.8. The second-order valence-corrected chi connectivity index (χ2v) is 6.39. The minimum atomic E-state index is -0.570. The number of carbonyl (C=O) groups is 1. The monoisotopic (exact) mass is 258 g/mol. The van der Waals surface area contributed by atoms with Crippen molar-refractivity contribution in [3.63, 3.8) is 0 Å². The zero-order chi connectivity index (χ0) is 13.5. The molecule has 2 saturated carbocycles. The van der Waals surface area contributed by atoms with Gasteiger partial charge in [-0.1, -0.05) is 37.6 Å². The Bertz CT molecular complexity index is 477. The summed E-state index contributed by atoms with van der Waals surface area (Å²) in [7, 11) is 0. The fourth-order valence-electron chi connectivity index (χ4n) is 4.26. The minimum absolute atomic E-state index is 0.404. The van der Waals surface area contributed by atoms with Gasteiger partial charge in [0.05, 0.1) is 5.41 Å². The van der Waals surface area contributed by atoms with E-state index in [-0.39, 0.29) is 0 Å². The summed E-state index contributed by atoms with van der Waals surface area (Å²) in [5.41, 5.74) is 2.03. The fraction of sp³-hybridized carbons (Fsp3) is 0.588. The van der Waals surface area contributed by atoms with Crippen LogP contribution in [0.3, 0.4) is 0 Å². The molecule has 3 unspecified atom stereocenters. The molecular weight excluding hydrogens is 236 g/mol. The zero-order valence-electron chi connectivity index (χ0n) is 11.6. The Morgan fingerprint density at radius 2 is 1.95 bits per heavy atom. The first-order chi connectivity index (χ1) is 9.14. The molecule has 2 fully saturated rings. The van der Waals surface area contributed by atoms with Gasteiger partial charge in [-0.3, -0.25) is 4.79 Å². The second-order valence-electron chi connectivity index (χ2n) is 6.39. The second kappa shape index (κ2) is 4.66. The van der Waals surface area contributed by atoms with Crippen molar-refractivity contribution < 1.29 is 9.90 Å². The van der Waals surface area contributed by atoms with Gasteiger partial charge in [-0.15, -0.1) is 0 Å².